The number of nitrogens with zero attached hydrogens (tertiary/aromatic N) is 3. The highest BCUT2D eigenvalue weighted by Crippen LogP contribution is 2.35. The first-order chi connectivity index (χ1) is 17.6. The minimum Gasteiger partial charge on any atom is -0.493 e. The number of aromatic nitrogens is 1. The van der Waals surface area contributed by atoms with E-state index in [4.69, 9.17) is 9.47 Å². The monoisotopic (exact) mass is 487 g/mol. The minimum absolute atomic E-state index is 0.164. The number of rotatable bonds is 6. The third kappa shape index (κ3) is 7.23. The van der Waals surface area contributed by atoms with Crippen LogP contribution in [0.15, 0.2) is 73.1 Å². The number of pyridine rings is 1. The lowest BCUT2D eigenvalue weighted by molar-refractivity contribution is -0.130. The van der Waals surface area contributed by atoms with Crippen LogP contribution in [0, 0.1) is 6.92 Å². The summed E-state index contributed by atoms with van der Waals surface area (Å²) in [6.45, 7) is 5.16. The van der Waals surface area contributed by atoms with Crippen molar-refractivity contribution in [2.75, 3.05) is 38.2 Å². The molecule has 190 valence electrons. The van der Waals surface area contributed by atoms with Crippen LogP contribution in [0.2, 0.25) is 0 Å². The van der Waals surface area contributed by atoms with Gasteiger partial charge in [0, 0.05) is 50.3 Å². The van der Waals surface area contributed by atoms with Crippen molar-refractivity contribution >= 4 is 11.6 Å². The normalized spacial score (nSPS) is 15.7. The second-order valence-electron chi connectivity index (χ2n) is 9.42. The molecule has 0 unspecified atom stereocenters. The van der Waals surface area contributed by atoms with E-state index in [0.29, 0.717) is 12.5 Å². The number of amides is 1. The largest absolute Gasteiger partial charge is 0.493 e. The molecule has 1 aliphatic carbocycles. The van der Waals surface area contributed by atoms with Gasteiger partial charge in [0.05, 0.1) is 19.6 Å². The Hall–Kier alpha value is -3.54. The fourth-order valence-electron chi connectivity index (χ4n) is 4.68. The van der Waals surface area contributed by atoms with E-state index in [0.717, 1.165) is 61.8 Å². The van der Waals surface area contributed by atoms with Crippen LogP contribution in [0.3, 0.4) is 0 Å². The van der Waals surface area contributed by atoms with Gasteiger partial charge >= 0.3 is 0 Å². The molecule has 1 saturated carbocycles. The number of carbonyl (C=O) groups excluding carboxylic acids is 1. The molecule has 1 amide bonds. The summed E-state index contributed by atoms with van der Waals surface area (Å²) in [6, 6.07) is 20.2. The Morgan fingerprint density at radius 3 is 2.31 bits per heavy atom. The van der Waals surface area contributed by atoms with Gasteiger partial charge in [-0.1, -0.05) is 42.0 Å². The predicted octanol–water partition coefficient (Wildman–Crippen LogP) is 5.30. The summed E-state index contributed by atoms with van der Waals surface area (Å²) in [7, 11) is 1.68. The zero-order valence-corrected chi connectivity index (χ0v) is 21.4. The molecule has 1 aromatic heterocycles. The Kier molecular flexibility index (Phi) is 9.20. The highest BCUT2D eigenvalue weighted by molar-refractivity contribution is 5.79. The van der Waals surface area contributed by atoms with E-state index in [2.05, 4.69) is 41.1 Å². The summed E-state index contributed by atoms with van der Waals surface area (Å²) in [6.07, 6.45) is 8.90. The maximum atomic E-state index is 12.6. The number of methoxy groups -OCH3 is 1. The second kappa shape index (κ2) is 13.0. The molecule has 0 spiro atoms. The molecule has 0 radical (unpaired) electrons. The molecule has 3 aromatic rings. The molecular formula is C30H37N3O3. The lowest BCUT2D eigenvalue weighted by atomic mass is 10.1. The van der Waals surface area contributed by atoms with Crippen molar-refractivity contribution in [1.82, 2.24) is 9.88 Å². The van der Waals surface area contributed by atoms with Gasteiger partial charge in [-0.25, -0.2) is 0 Å². The fraction of sp³-hybridized carbons (Fsp3) is 0.400. The van der Waals surface area contributed by atoms with Crippen molar-refractivity contribution in [2.24, 2.45) is 0 Å². The third-order valence-electron chi connectivity index (χ3n) is 6.76. The lowest BCUT2D eigenvalue weighted by Gasteiger charge is -2.36. The number of piperazine rings is 1. The standard InChI is InChI=1S/C23H29N3O3.C7H8/c1-28-21-9-8-19(16-22(21)29-20-6-2-3-7-20)25-11-13-26(14-12-25)23(27)15-18-5-4-10-24-17-18;1-7-5-3-2-4-6-7/h4-5,8-10,16-17,20H,2-3,6-7,11-15H2,1H3;2-6H,1H3. The molecule has 0 atom stereocenters. The summed E-state index contributed by atoms with van der Waals surface area (Å²) in [5, 5.41) is 0. The maximum Gasteiger partial charge on any atom is 0.227 e. The zero-order valence-electron chi connectivity index (χ0n) is 21.4. The van der Waals surface area contributed by atoms with Crippen LogP contribution in [0.1, 0.15) is 36.8 Å². The SMILES string of the molecule is COc1ccc(N2CCN(C(=O)Cc3cccnc3)CC2)cc1OC1CCCC1.Cc1ccccc1. The fourth-order valence-corrected chi connectivity index (χ4v) is 4.68. The van der Waals surface area contributed by atoms with Gasteiger partial charge in [-0.05, 0) is 56.4 Å². The number of aryl methyl sites for hydroxylation is 1. The van der Waals surface area contributed by atoms with Gasteiger partial charge in [0.2, 0.25) is 5.91 Å². The molecule has 5 rings (SSSR count). The second-order valence-corrected chi connectivity index (χ2v) is 9.42. The van der Waals surface area contributed by atoms with E-state index in [1.54, 1.807) is 19.5 Å². The highest BCUT2D eigenvalue weighted by Gasteiger charge is 2.23. The maximum absolute atomic E-state index is 12.6. The quantitative estimate of drug-likeness (QED) is 0.472. The van der Waals surface area contributed by atoms with Gasteiger partial charge in [-0.3, -0.25) is 9.78 Å². The van der Waals surface area contributed by atoms with Crippen molar-refractivity contribution in [3.63, 3.8) is 0 Å². The smallest absolute Gasteiger partial charge is 0.227 e. The zero-order chi connectivity index (χ0) is 25.2. The van der Waals surface area contributed by atoms with Gasteiger partial charge in [0.15, 0.2) is 11.5 Å². The first-order valence-electron chi connectivity index (χ1n) is 12.9. The summed E-state index contributed by atoms with van der Waals surface area (Å²) in [5.41, 5.74) is 3.41. The summed E-state index contributed by atoms with van der Waals surface area (Å²) in [5.74, 6) is 1.77. The number of anilines is 1. The molecule has 2 aromatic carbocycles. The van der Waals surface area contributed by atoms with Gasteiger partial charge in [-0.15, -0.1) is 0 Å². The Balaban J connectivity index is 0.000000375. The molecule has 2 fully saturated rings. The molecule has 2 heterocycles. The van der Waals surface area contributed by atoms with Crippen molar-refractivity contribution in [3.8, 4) is 11.5 Å². The Morgan fingerprint density at radius 2 is 1.69 bits per heavy atom. The first kappa shape index (κ1) is 25.5. The molecule has 6 heteroatoms. The molecule has 0 bridgehead atoms. The van der Waals surface area contributed by atoms with Crippen molar-refractivity contribution in [3.05, 3.63) is 84.2 Å². The lowest BCUT2D eigenvalue weighted by Crippen LogP contribution is -2.49. The number of benzene rings is 2. The van der Waals surface area contributed by atoms with Crippen molar-refractivity contribution < 1.29 is 14.3 Å². The third-order valence-corrected chi connectivity index (χ3v) is 6.76. The molecule has 6 nitrogen and oxygen atoms in total. The van der Waals surface area contributed by atoms with E-state index in [-0.39, 0.29) is 5.91 Å². The van der Waals surface area contributed by atoms with E-state index in [1.165, 1.54) is 18.4 Å². The molecule has 2 aliphatic rings. The Morgan fingerprint density at radius 1 is 0.944 bits per heavy atom. The van der Waals surface area contributed by atoms with Crippen molar-refractivity contribution in [1.29, 1.82) is 0 Å². The van der Waals surface area contributed by atoms with Crippen LogP contribution < -0.4 is 14.4 Å². The van der Waals surface area contributed by atoms with Crippen LogP contribution in [-0.4, -0.2) is 55.2 Å². The molecule has 1 saturated heterocycles. The Labute approximate surface area is 214 Å². The summed E-state index contributed by atoms with van der Waals surface area (Å²) >= 11 is 0. The van der Waals surface area contributed by atoms with Gasteiger partial charge in [-0.2, -0.15) is 0 Å². The first-order valence-corrected chi connectivity index (χ1v) is 12.9. The van der Waals surface area contributed by atoms with Crippen LogP contribution in [0.4, 0.5) is 5.69 Å². The summed E-state index contributed by atoms with van der Waals surface area (Å²) < 4.78 is 11.7. The number of ether oxygens (including phenoxy) is 2. The van der Waals surface area contributed by atoms with E-state index in [1.807, 2.05) is 41.3 Å². The Bertz CT molecular complexity index is 1080. The van der Waals surface area contributed by atoms with Crippen LogP contribution in [0.25, 0.3) is 0 Å². The van der Waals surface area contributed by atoms with Crippen LogP contribution >= 0.6 is 0 Å². The van der Waals surface area contributed by atoms with Gasteiger partial charge < -0.3 is 19.3 Å². The van der Waals surface area contributed by atoms with E-state index < -0.39 is 0 Å². The molecule has 0 N–H and O–H groups in total. The van der Waals surface area contributed by atoms with Gasteiger partial charge in [0.1, 0.15) is 0 Å². The number of carbonyl (C=O) groups is 1. The highest BCUT2D eigenvalue weighted by atomic mass is 16.5. The average Bonchev–Trinajstić information content (AvgIpc) is 3.43. The molecule has 36 heavy (non-hydrogen) atoms. The van der Waals surface area contributed by atoms with E-state index >= 15 is 0 Å². The summed E-state index contributed by atoms with van der Waals surface area (Å²) in [4.78, 5) is 20.9. The predicted molar refractivity (Wildman–Crippen MR) is 144 cm³/mol. The van der Waals surface area contributed by atoms with Crippen LogP contribution in [0.5, 0.6) is 11.5 Å². The molecule has 1 aliphatic heterocycles. The van der Waals surface area contributed by atoms with Crippen LogP contribution in [-0.2, 0) is 11.2 Å². The average molecular weight is 488 g/mol. The van der Waals surface area contributed by atoms with Crippen molar-refractivity contribution in [2.45, 2.75) is 45.1 Å². The minimum atomic E-state index is 0.164. The van der Waals surface area contributed by atoms with Gasteiger partial charge in [0.25, 0.3) is 0 Å². The molecular weight excluding hydrogens is 450 g/mol. The van der Waals surface area contributed by atoms with E-state index in [9.17, 15) is 4.79 Å². The number of hydrogen-bond acceptors (Lipinski definition) is 5. The number of hydrogen-bond donors (Lipinski definition) is 0. The topological polar surface area (TPSA) is 54.9 Å².